The van der Waals surface area contributed by atoms with Gasteiger partial charge in [0, 0.05) is 51.7 Å². The van der Waals surface area contributed by atoms with Crippen molar-refractivity contribution in [1.29, 1.82) is 0 Å². The van der Waals surface area contributed by atoms with E-state index in [-0.39, 0.29) is 29.8 Å². The molecule has 0 N–H and O–H groups in total. The third-order valence-corrected chi connectivity index (χ3v) is 7.68. The number of amides is 1. The lowest BCUT2D eigenvalue weighted by molar-refractivity contribution is -0.175. The minimum absolute atomic E-state index is 0.0161. The minimum atomic E-state index is -0.478. The summed E-state index contributed by atoms with van der Waals surface area (Å²) in [5.41, 5.74) is 0.509. The second-order valence-corrected chi connectivity index (χ2v) is 10.9. The van der Waals surface area contributed by atoms with E-state index in [0.29, 0.717) is 19.1 Å². The van der Waals surface area contributed by atoms with Crippen LogP contribution in [0.4, 0.5) is 4.79 Å². The quantitative estimate of drug-likeness (QED) is 0.402. The molecule has 188 valence electrons. The van der Waals surface area contributed by atoms with Gasteiger partial charge in [0.1, 0.15) is 12.2 Å². The summed E-state index contributed by atoms with van der Waals surface area (Å²) < 4.78 is 29.7. The summed E-state index contributed by atoms with van der Waals surface area (Å²) in [5, 5.41) is 0. The van der Waals surface area contributed by atoms with Crippen molar-refractivity contribution in [3.63, 3.8) is 0 Å². The van der Waals surface area contributed by atoms with Gasteiger partial charge in [-0.1, -0.05) is 11.6 Å². The molecule has 3 saturated heterocycles. The lowest BCUT2D eigenvalue weighted by Gasteiger charge is -2.48. The standard InChI is InChI=1S/C25H42N2O6/c1-18(2)7-11-31-24(3,4)22-21(29-5)20(6-8-25(22)17-32-25)33-23(28)27-15-19(16-27)14-26-9-12-30-13-10-26/h7,19-22H,6,8-17H2,1-5H3/t20-,21-,22-,25+/m1/s1. The van der Waals surface area contributed by atoms with Crippen molar-refractivity contribution >= 4 is 6.09 Å². The van der Waals surface area contributed by atoms with E-state index in [1.54, 1.807) is 7.11 Å². The first-order valence-electron chi connectivity index (χ1n) is 12.4. The third kappa shape index (κ3) is 5.73. The topological polar surface area (TPSA) is 73.0 Å². The molecule has 1 amide bonds. The van der Waals surface area contributed by atoms with Crippen molar-refractivity contribution in [3.05, 3.63) is 11.6 Å². The Morgan fingerprint density at radius 2 is 1.91 bits per heavy atom. The first-order valence-corrected chi connectivity index (χ1v) is 12.4. The van der Waals surface area contributed by atoms with Crippen molar-refractivity contribution in [2.45, 2.75) is 63.9 Å². The zero-order chi connectivity index (χ0) is 23.6. The van der Waals surface area contributed by atoms with E-state index < -0.39 is 5.60 Å². The number of carbonyl (C=O) groups excluding carboxylic acids is 1. The predicted octanol–water partition coefficient (Wildman–Crippen LogP) is 2.71. The lowest BCUT2D eigenvalue weighted by atomic mass is 9.68. The van der Waals surface area contributed by atoms with Crippen molar-refractivity contribution in [1.82, 2.24) is 9.80 Å². The molecular weight excluding hydrogens is 424 g/mol. The highest BCUT2D eigenvalue weighted by Gasteiger charge is 2.64. The van der Waals surface area contributed by atoms with Crippen LogP contribution in [0.15, 0.2) is 11.6 Å². The van der Waals surface area contributed by atoms with Gasteiger partial charge in [-0.25, -0.2) is 4.79 Å². The molecule has 4 rings (SSSR count). The van der Waals surface area contributed by atoms with Crippen LogP contribution >= 0.6 is 0 Å². The number of carbonyl (C=O) groups is 1. The highest BCUT2D eigenvalue weighted by Crippen LogP contribution is 2.52. The van der Waals surface area contributed by atoms with Gasteiger partial charge in [0.05, 0.1) is 37.6 Å². The van der Waals surface area contributed by atoms with Gasteiger partial charge in [-0.2, -0.15) is 0 Å². The summed E-state index contributed by atoms with van der Waals surface area (Å²) >= 11 is 0. The molecule has 4 fully saturated rings. The number of epoxide rings is 1. The molecule has 1 saturated carbocycles. The first kappa shape index (κ1) is 24.9. The number of nitrogens with zero attached hydrogens (tertiary/aromatic N) is 2. The molecule has 1 aliphatic carbocycles. The highest BCUT2D eigenvalue weighted by molar-refractivity contribution is 5.69. The number of rotatable bonds is 8. The maximum Gasteiger partial charge on any atom is 0.410 e. The maximum atomic E-state index is 12.9. The van der Waals surface area contributed by atoms with Crippen molar-refractivity contribution < 1.29 is 28.5 Å². The highest BCUT2D eigenvalue weighted by atomic mass is 16.6. The van der Waals surface area contributed by atoms with Crippen LogP contribution in [0.25, 0.3) is 0 Å². The summed E-state index contributed by atoms with van der Waals surface area (Å²) in [6.07, 6.45) is 2.89. The number of morpholine rings is 1. The molecule has 0 aromatic carbocycles. The van der Waals surface area contributed by atoms with Crippen LogP contribution in [-0.4, -0.2) is 106 Å². The number of methoxy groups -OCH3 is 1. The van der Waals surface area contributed by atoms with Crippen molar-refractivity contribution in [3.8, 4) is 0 Å². The molecule has 3 heterocycles. The predicted molar refractivity (Wildman–Crippen MR) is 124 cm³/mol. The van der Waals surface area contributed by atoms with Gasteiger partial charge in [0.25, 0.3) is 0 Å². The fraction of sp³-hybridized carbons (Fsp3) is 0.880. The van der Waals surface area contributed by atoms with Gasteiger partial charge in [-0.05, 0) is 40.5 Å². The third-order valence-electron chi connectivity index (χ3n) is 7.68. The van der Waals surface area contributed by atoms with Gasteiger partial charge in [0.2, 0.25) is 0 Å². The summed E-state index contributed by atoms with van der Waals surface area (Å²) in [6.45, 7) is 15.7. The second kappa shape index (κ2) is 10.2. The smallest absolute Gasteiger partial charge is 0.410 e. The van der Waals surface area contributed by atoms with Gasteiger partial charge in [0.15, 0.2) is 0 Å². The van der Waals surface area contributed by atoms with Crippen LogP contribution in [0.3, 0.4) is 0 Å². The Kier molecular flexibility index (Phi) is 7.70. The van der Waals surface area contributed by atoms with Gasteiger partial charge in [-0.15, -0.1) is 0 Å². The van der Waals surface area contributed by atoms with E-state index in [4.69, 9.17) is 23.7 Å². The van der Waals surface area contributed by atoms with E-state index in [9.17, 15) is 4.79 Å². The molecule has 0 bridgehead atoms. The molecule has 0 aromatic heterocycles. The number of allylic oxidation sites excluding steroid dienone is 1. The Hall–Kier alpha value is -1.19. The fourth-order valence-corrected chi connectivity index (χ4v) is 5.78. The number of ether oxygens (including phenoxy) is 5. The molecule has 1 spiro atoms. The van der Waals surface area contributed by atoms with E-state index in [0.717, 1.165) is 58.8 Å². The zero-order valence-electron chi connectivity index (χ0n) is 21.0. The van der Waals surface area contributed by atoms with E-state index >= 15 is 0 Å². The minimum Gasteiger partial charge on any atom is -0.443 e. The van der Waals surface area contributed by atoms with Crippen LogP contribution in [0.1, 0.15) is 40.5 Å². The lowest BCUT2D eigenvalue weighted by Crippen LogP contribution is -2.60. The normalized spacial score (nSPS) is 33.0. The Balaban J connectivity index is 1.33. The monoisotopic (exact) mass is 466 g/mol. The zero-order valence-corrected chi connectivity index (χ0v) is 21.0. The summed E-state index contributed by atoms with van der Waals surface area (Å²) in [4.78, 5) is 17.2. The van der Waals surface area contributed by atoms with E-state index in [2.05, 4.69) is 38.7 Å². The molecular formula is C25H42N2O6. The first-order chi connectivity index (χ1) is 15.7. The van der Waals surface area contributed by atoms with Crippen LogP contribution in [0.2, 0.25) is 0 Å². The SMILES string of the molecule is CO[C@H]1[C@H](C(C)(C)OCC=C(C)C)[C@]2(CC[C@H]1OC(=O)N1CC(CN3CCOCC3)C1)CO2. The maximum absolute atomic E-state index is 12.9. The van der Waals surface area contributed by atoms with Crippen molar-refractivity contribution in [2.75, 3.05) is 66.3 Å². The van der Waals surface area contributed by atoms with Gasteiger partial charge >= 0.3 is 6.09 Å². The van der Waals surface area contributed by atoms with Crippen LogP contribution in [0.5, 0.6) is 0 Å². The van der Waals surface area contributed by atoms with E-state index in [1.807, 2.05) is 4.90 Å². The summed E-state index contributed by atoms with van der Waals surface area (Å²) in [5.74, 6) is 0.496. The fourth-order valence-electron chi connectivity index (χ4n) is 5.78. The molecule has 3 aliphatic heterocycles. The number of hydrogen-bond donors (Lipinski definition) is 0. The summed E-state index contributed by atoms with van der Waals surface area (Å²) in [7, 11) is 1.70. The molecule has 8 nitrogen and oxygen atoms in total. The van der Waals surface area contributed by atoms with Crippen molar-refractivity contribution in [2.24, 2.45) is 11.8 Å². The molecule has 4 atom stereocenters. The van der Waals surface area contributed by atoms with Crippen LogP contribution in [0, 0.1) is 11.8 Å². The molecule has 0 unspecified atom stereocenters. The molecule has 33 heavy (non-hydrogen) atoms. The Morgan fingerprint density at radius 3 is 2.52 bits per heavy atom. The number of likely N-dealkylation sites (tertiary alicyclic amines) is 1. The second-order valence-electron chi connectivity index (χ2n) is 10.9. The van der Waals surface area contributed by atoms with Crippen LogP contribution < -0.4 is 0 Å². The Labute approximate surface area is 198 Å². The number of hydrogen-bond acceptors (Lipinski definition) is 7. The van der Waals surface area contributed by atoms with E-state index in [1.165, 1.54) is 5.57 Å². The average molecular weight is 467 g/mol. The molecule has 4 aliphatic rings. The summed E-state index contributed by atoms with van der Waals surface area (Å²) in [6, 6.07) is 0. The molecule has 0 aromatic rings. The Bertz CT molecular complexity index is 706. The van der Waals surface area contributed by atoms with Gasteiger partial charge < -0.3 is 28.6 Å². The average Bonchev–Trinajstić information content (AvgIpc) is 3.51. The molecule has 8 heteroatoms. The molecule has 0 radical (unpaired) electrons. The van der Waals surface area contributed by atoms with Crippen LogP contribution in [-0.2, 0) is 23.7 Å². The van der Waals surface area contributed by atoms with Gasteiger partial charge in [-0.3, -0.25) is 4.90 Å². The Morgan fingerprint density at radius 1 is 1.21 bits per heavy atom. The largest absolute Gasteiger partial charge is 0.443 e.